The van der Waals surface area contributed by atoms with Gasteiger partial charge in [-0.3, -0.25) is 4.79 Å². The lowest BCUT2D eigenvalue weighted by atomic mass is 10.2. The number of rotatable bonds is 2. The Balaban J connectivity index is 1.65. The van der Waals surface area contributed by atoms with Crippen molar-refractivity contribution in [2.45, 2.75) is 0 Å². The molecule has 0 saturated carbocycles. The van der Waals surface area contributed by atoms with E-state index in [1.54, 1.807) is 12.3 Å². The van der Waals surface area contributed by atoms with E-state index in [-0.39, 0.29) is 5.91 Å². The topological polar surface area (TPSA) is 75.6 Å². The second-order valence-corrected chi connectivity index (χ2v) is 4.71. The summed E-state index contributed by atoms with van der Waals surface area (Å²) in [6.07, 6.45) is 4.72. The van der Waals surface area contributed by atoms with Gasteiger partial charge in [0.1, 0.15) is 6.26 Å². The molecule has 0 atom stereocenters. The van der Waals surface area contributed by atoms with Gasteiger partial charge in [0, 0.05) is 32.4 Å². The third-order valence-electron chi connectivity index (χ3n) is 3.45. The molecule has 1 aliphatic rings. The van der Waals surface area contributed by atoms with Gasteiger partial charge in [0.2, 0.25) is 0 Å². The molecule has 2 aromatic heterocycles. The van der Waals surface area contributed by atoms with Gasteiger partial charge in [-0.25, -0.2) is 4.98 Å². The lowest BCUT2D eigenvalue weighted by Gasteiger charge is -2.35. The molecule has 0 bridgehead atoms. The molecule has 3 rings (SSSR count). The first-order chi connectivity index (χ1) is 9.75. The number of nitrogens with two attached hydrogens (primary N) is 1. The van der Waals surface area contributed by atoms with E-state index in [0.717, 1.165) is 18.9 Å². The van der Waals surface area contributed by atoms with Crippen molar-refractivity contribution in [2.75, 3.05) is 36.8 Å². The van der Waals surface area contributed by atoms with E-state index in [1.165, 1.54) is 12.5 Å². The number of carbonyl (C=O) groups is 1. The molecule has 0 unspecified atom stereocenters. The highest BCUT2D eigenvalue weighted by Gasteiger charge is 2.24. The normalized spacial score (nSPS) is 15.4. The average Bonchev–Trinajstić information content (AvgIpc) is 3.01. The fourth-order valence-corrected chi connectivity index (χ4v) is 2.36. The van der Waals surface area contributed by atoms with Crippen LogP contribution >= 0.6 is 0 Å². The molecular formula is C14H16N4O2. The van der Waals surface area contributed by atoms with Crippen LogP contribution in [0, 0.1) is 0 Å². The van der Waals surface area contributed by atoms with Crippen LogP contribution in [-0.2, 0) is 0 Å². The largest absolute Gasteiger partial charge is 0.472 e. The van der Waals surface area contributed by atoms with Crippen molar-refractivity contribution in [3.8, 4) is 0 Å². The van der Waals surface area contributed by atoms with Crippen LogP contribution in [0.25, 0.3) is 0 Å². The molecule has 6 heteroatoms. The molecular weight excluding hydrogens is 256 g/mol. The van der Waals surface area contributed by atoms with Crippen molar-refractivity contribution in [2.24, 2.45) is 0 Å². The van der Waals surface area contributed by atoms with Gasteiger partial charge in [-0.2, -0.15) is 0 Å². The lowest BCUT2D eigenvalue weighted by Crippen LogP contribution is -2.49. The summed E-state index contributed by atoms with van der Waals surface area (Å²) in [5.74, 6) is 0.801. The van der Waals surface area contributed by atoms with Gasteiger partial charge in [0.05, 0.1) is 17.5 Å². The van der Waals surface area contributed by atoms with Crippen molar-refractivity contribution in [1.29, 1.82) is 0 Å². The van der Waals surface area contributed by atoms with Gasteiger partial charge in [-0.05, 0) is 18.2 Å². The maximum Gasteiger partial charge on any atom is 0.257 e. The third kappa shape index (κ3) is 2.32. The standard InChI is InChI=1S/C14H16N4O2/c15-12-2-1-4-16-13(12)17-5-7-18(8-6-17)14(19)11-3-9-20-10-11/h1-4,9-10H,5-8,15H2. The van der Waals surface area contributed by atoms with E-state index in [4.69, 9.17) is 10.2 Å². The zero-order chi connectivity index (χ0) is 13.9. The summed E-state index contributed by atoms with van der Waals surface area (Å²) in [4.78, 5) is 20.4. The third-order valence-corrected chi connectivity index (χ3v) is 3.45. The lowest BCUT2D eigenvalue weighted by molar-refractivity contribution is 0.0746. The van der Waals surface area contributed by atoms with Gasteiger partial charge in [0.25, 0.3) is 5.91 Å². The van der Waals surface area contributed by atoms with Crippen molar-refractivity contribution in [1.82, 2.24) is 9.88 Å². The molecule has 2 N–H and O–H groups in total. The number of aromatic nitrogens is 1. The van der Waals surface area contributed by atoms with Crippen molar-refractivity contribution in [3.05, 3.63) is 42.5 Å². The Kier molecular flexibility index (Phi) is 3.28. The van der Waals surface area contributed by atoms with Gasteiger partial charge < -0.3 is 20.0 Å². The van der Waals surface area contributed by atoms with E-state index in [1.807, 2.05) is 17.0 Å². The Hall–Kier alpha value is -2.50. The van der Waals surface area contributed by atoms with Crippen LogP contribution in [-0.4, -0.2) is 42.0 Å². The zero-order valence-electron chi connectivity index (χ0n) is 11.0. The van der Waals surface area contributed by atoms with Crippen molar-refractivity contribution in [3.63, 3.8) is 0 Å². The predicted molar refractivity (Wildman–Crippen MR) is 75.5 cm³/mol. The van der Waals surface area contributed by atoms with Crippen LogP contribution in [0.15, 0.2) is 41.3 Å². The molecule has 20 heavy (non-hydrogen) atoms. The number of carbonyl (C=O) groups excluding carboxylic acids is 1. The SMILES string of the molecule is Nc1cccnc1N1CCN(C(=O)c2ccoc2)CC1. The summed E-state index contributed by atoms with van der Waals surface area (Å²) in [6, 6.07) is 5.34. The van der Waals surface area contributed by atoms with Gasteiger partial charge in [0.15, 0.2) is 5.82 Å². The fourth-order valence-electron chi connectivity index (χ4n) is 2.36. The van der Waals surface area contributed by atoms with Crippen molar-refractivity contribution >= 4 is 17.4 Å². The Morgan fingerprint density at radius 1 is 1.25 bits per heavy atom. The molecule has 3 heterocycles. The van der Waals surface area contributed by atoms with Crippen LogP contribution in [0.2, 0.25) is 0 Å². The molecule has 1 saturated heterocycles. The molecule has 2 aromatic rings. The number of nitrogen functional groups attached to an aromatic ring is 1. The Morgan fingerprint density at radius 2 is 2.05 bits per heavy atom. The van der Waals surface area contributed by atoms with Crippen LogP contribution in [0.5, 0.6) is 0 Å². The van der Waals surface area contributed by atoms with Gasteiger partial charge in [-0.15, -0.1) is 0 Å². The summed E-state index contributed by atoms with van der Waals surface area (Å²) in [5, 5.41) is 0. The maximum atomic E-state index is 12.2. The quantitative estimate of drug-likeness (QED) is 0.889. The van der Waals surface area contributed by atoms with E-state index >= 15 is 0 Å². The molecule has 1 aliphatic heterocycles. The molecule has 6 nitrogen and oxygen atoms in total. The summed E-state index contributed by atoms with van der Waals surface area (Å²) in [5.41, 5.74) is 7.19. The first-order valence-electron chi connectivity index (χ1n) is 6.52. The number of hydrogen-bond donors (Lipinski definition) is 1. The highest BCUT2D eigenvalue weighted by atomic mass is 16.3. The minimum atomic E-state index is 0.00685. The van der Waals surface area contributed by atoms with Crippen LogP contribution in [0.3, 0.4) is 0 Å². The number of anilines is 2. The smallest absolute Gasteiger partial charge is 0.257 e. The number of furan rings is 1. The molecule has 1 amide bonds. The Bertz CT molecular complexity index is 589. The van der Waals surface area contributed by atoms with Gasteiger partial charge in [-0.1, -0.05) is 0 Å². The summed E-state index contributed by atoms with van der Waals surface area (Å²) < 4.78 is 4.95. The molecule has 1 fully saturated rings. The predicted octanol–water partition coefficient (Wildman–Crippen LogP) is 1.22. The summed E-state index contributed by atoms with van der Waals surface area (Å²) >= 11 is 0. The van der Waals surface area contributed by atoms with Crippen molar-refractivity contribution < 1.29 is 9.21 Å². The monoisotopic (exact) mass is 272 g/mol. The second kappa shape index (κ2) is 5.24. The Labute approximate surface area is 116 Å². The first-order valence-corrected chi connectivity index (χ1v) is 6.52. The highest BCUT2D eigenvalue weighted by molar-refractivity contribution is 5.94. The second-order valence-electron chi connectivity index (χ2n) is 4.71. The molecule has 0 aliphatic carbocycles. The molecule has 0 radical (unpaired) electrons. The number of hydrogen-bond acceptors (Lipinski definition) is 5. The van der Waals surface area contributed by atoms with E-state index in [2.05, 4.69) is 9.88 Å². The minimum Gasteiger partial charge on any atom is -0.472 e. The fraction of sp³-hybridized carbons (Fsp3) is 0.286. The van der Waals surface area contributed by atoms with E-state index in [0.29, 0.717) is 24.3 Å². The molecule has 104 valence electrons. The molecule has 0 aromatic carbocycles. The van der Waals surface area contributed by atoms with Crippen LogP contribution in [0.1, 0.15) is 10.4 Å². The van der Waals surface area contributed by atoms with E-state index < -0.39 is 0 Å². The molecule has 0 spiro atoms. The van der Waals surface area contributed by atoms with Crippen LogP contribution in [0.4, 0.5) is 11.5 Å². The first kappa shape index (κ1) is 12.5. The van der Waals surface area contributed by atoms with E-state index in [9.17, 15) is 4.79 Å². The number of amides is 1. The number of piperazine rings is 1. The highest BCUT2D eigenvalue weighted by Crippen LogP contribution is 2.21. The van der Waals surface area contributed by atoms with Crippen LogP contribution < -0.4 is 10.6 Å². The summed E-state index contributed by atoms with van der Waals surface area (Å²) in [6.45, 7) is 2.76. The Morgan fingerprint density at radius 3 is 2.70 bits per heavy atom. The average molecular weight is 272 g/mol. The maximum absolute atomic E-state index is 12.2. The number of nitrogens with zero attached hydrogens (tertiary/aromatic N) is 3. The van der Waals surface area contributed by atoms with Gasteiger partial charge >= 0.3 is 0 Å². The minimum absolute atomic E-state index is 0.00685. The number of pyridine rings is 1. The summed E-state index contributed by atoms with van der Waals surface area (Å²) in [7, 11) is 0. The zero-order valence-corrected chi connectivity index (χ0v) is 11.0.